The van der Waals surface area contributed by atoms with E-state index in [0.717, 1.165) is 19.3 Å². The lowest BCUT2D eigenvalue weighted by Crippen LogP contribution is -2.59. The third kappa shape index (κ3) is 4.26. The van der Waals surface area contributed by atoms with Crippen LogP contribution in [0.25, 0.3) is 0 Å². The molecule has 28 heavy (non-hydrogen) atoms. The van der Waals surface area contributed by atoms with E-state index in [1.165, 1.54) is 19.3 Å². The van der Waals surface area contributed by atoms with Crippen molar-refractivity contribution in [2.45, 2.75) is 77.3 Å². The Labute approximate surface area is 167 Å². The van der Waals surface area contributed by atoms with Gasteiger partial charge in [-0.05, 0) is 75.0 Å². The highest BCUT2D eigenvalue weighted by Gasteiger charge is 2.55. The number of rotatable bonds is 9. The molecule has 4 aliphatic carbocycles. The van der Waals surface area contributed by atoms with Crippen molar-refractivity contribution in [3.05, 3.63) is 12.7 Å². The molecule has 2 unspecified atom stereocenters. The first-order valence-corrected chi connectivity index (χ1v) is 10.7. The van der Waals surface area contributed by atoms with Gasteiger partial charge in [0, 0.05) is 5.41 Å². The van der Waals surface area contributed by atoms with Crippen molar-refractivity contribution in [2.75, 3.05) is 0 Å². The molecule has 0 aliphatic heterocycles. The molecule has 4 saturated carbocycles. The summed E-state index contributed by atoms with van der Waals surface area (Å²) in [5, 5.41) is 15.0. The first kappa shape index (κ1) is 20.9. The van der Waals surface area contributed by atoms with Crippen molar-refractivity contribution in [3.63, 3.8) is 0 Å². The molecule has 2 atom stereocenters. The standard InChI is InChI=1S/C22H34N2O4/c1-4-5-6-17(20(26)27)23-19(25)18(13(2)3)24-21(28)22-10-14-7-15(11-22)9-16(8-14)12-22/h4,13-18H,1,5-12H2,2-3H3,(H,23,25)(H,24,28)(H,26,27). The average molecular weight is 391 g/mol. The predicted molar refractivity (Wildman–Crippen MR) is 106 cm³/mol. The minimum Gasteiger partial charge on any atom is -0.480 e. The summed E-state index contributed by atoms with van der Waals surface area (Å²) in [6.07, 6.45) is 9.01. The lowest BCUT2D eigenvalue weighted by molar-refractivity contribution is -0.149. The topological polar surface area (TPSA) is 95.5 Å². The van der Waals surface area contributed by atoms with Crippen LogP contribution in [0.15, 0.2) is 12.7 Å². The van der Waals surface area contributed by atoms with Crippen LogP contribution in [0.3, 0.4) is 0 Å². The Balaban J connectivity index is 1.67. The Kier molecular flexibility index (Phi) is 6.15. The highest BCUT2D eigenvalue weighted by Crippen LogP contribution is 2.60. The van der Waals surface area contributed by atoms with Crippen molar-refractivity contribution in [1.82, 2.24) is 10.6 Å². The SMILES string of the molecule is C=CCCC(NC(=O)C(NC(=O)C12CC3CC(CC(C3)C1)C2)C(C)C)C(=O)O. The van der Waals surface area contributed by atoms with Crippen LogP contribution < -0.4 is 10.6 Å². The van der Waals surface area contributed by atoms with Crippen LogP contribution in [-0.4, -0.2) is 35.0 Å². The number of amides is 2. The Hall–Kier alpha value is -1.85. The second kappa shape index (κ2) is 8.26. The van der Waals surface area contributed by atoms with Crippen LogP contribution in [0.2, 0.25) is 0 Å². The van der Waals surface area contributed by atoms with E-state index in [1.54, 1.807) is 6.08 Å². The lowest BCUT2D eigenvalue weighted by Gasteiger charge is -2.55. The molecule has 4 bridgehead atoms. The minimum atomic E-state index is -1.06. The van der Waals surface area contributed by atoms with Gasteiger partial charge in [0.25, 0.3) is 0 Å². The first-order valence-electron chi connectivity index (χ1n) is 10.7. The number of carboxylic acids is 1. The first-order chi connectivity index (χ1) is 13.2. The summed E-state index contributed by atoms with van der Waals surface area (Å²) in [7, 11) is 0. The fraction of sp³-hybridized carbons (Fsp3) is 0.773. The van der Waals surface area contributed by atoms with Crippen LogP contribution in [0.1, 0.15) is 65.2 Å². The van der Waals surface area contributed by atoms with Crippen LogP contribution in [-0.2, 0) is 14.4 Å². The summed E-state index contributed by atoms with van der Waals surface area (Å²) >= 11 is 0. The predicted octanol–water partition coefficient (Wildman–Crippen LogP) is 2.88. The Bertz CT molecular complexity index is 607. The summed E-state index contributed by atoms with van der Waals surface area (Å²) in [5.41, 5.74) is -0.322. The van der Waals surface area contributed by atoms with Gasteiger partial charge in [0.1, 0.15) is 12.1 Å². The Morgan fingerprint density at radius 3 is 2.04 bits per heavy atom. The zero-order valence-electron chi connectivity index (χ0n) is 17.1. The molecular formula is C22H34N2O4. The van der Waals surface area contributed by atoms with E-state index in [-0.39, 0.29) is 23.7 Å². The zero-order chi connectivity index (χ0) is 20.5. The second-order valence-electron chi connectivity index (χ2n) is 9.66. The zero-order valence-corrected chi connectivity index (χ0v) is 17.1. The molecule has 0 heterocycles. The van der Waals surface area contributed by atoms with Gasteiger partial charge in [-0.25, -0.2) is 4.79 Å². The maximum absolute atomic E-state index is 13.3. The monoisotopic (exact) mass is 390 g/mol. The highest BCUT2D eigenvalue weighted by molar-refractivity contribution is 5.92. The molecular weight excluding hydrogens is 356 g/mol. The highest BCUT2D eigenvalue weighted by atomic mass is 16.4. The number of hydrogen-bond donors (Lipinski definition) is 3. The fourth-order valence-corrected chi connectivity index (χ4v) is 6.02. The molecule has 6 nitrogen and oxygen atoms in total. The van der Waals surface area contributed by atoms with E-state index in [9.17, 15) is 19.5 Å². The molecule has 0 radical (unpaired) electrons. The summed E-state index contributed by atoms with van der Waals surface area (Å²) in [6.45, 7) is 7.36. The summed E-state index contributed by atoms with van der Waals surface area (Å²) in [5.74, 6) is 0.357. The largest absolute Gasteiger partial charge is 0.480 e. The fourth-order valence-electron chi connectivity index (χ4n) is 6.02. The number of aliphatic carboxylic acids is 1. The smallest absolute Gasteiger partial charge is 0.326 e. The molecule has 156 valence electrons. The van der Waals surface area contributed by atoms with E-state index < -0.39 is 24.0 Å². The van der Waals surface area contributed by atoms with E-state index >= 15 is 0 Å². The van der Waals surface area contributed by atoms with Gasteiger partial charge in [0.15, 0.2) is 0 Å². The Morgan fingerprint density at radius 2 is 1.61 bits per heavy atom. The van der Waals surface area contributed by atoms with Gasteiger partial charge in [-0.1, -0.05) is 19.9 Å². The Morgan fingerprint density at radius 1 is 1.07 bits per heavy atom. The van der Waals surface area contributed by atoms with Gasteiger partial charge in [-0.3, -0.25) is 9.59 Å². The van der Waals surface area contributed by atoms with Crippen LogP contribution in [0.5, 0.6) is 0 Å². The molecule has 0 aromatic rings. The molecule has 0 aromatic heterocycles. The number of carboxylic acid groups (broad SMARTS) is 1. The number of hydrogen-bond acceptors (Lipinski definition) is 3. The summed E-state index contributed by atoms with van der Waals surface area (Å²) < 4.78 is 0. The van der Waals surface area contributed by atoms with Gasteiger partial charge < -0.3 is 15.7 Å². The summed E-state index contributed by atoms with van der Waals surface area (Å²) in [4.78, 5) is 37.5. The van der Waals surface area contributed by atoms with E-state index in [0.29, 0.717) is 24.2 Å². The van der Waals surface area contributed by atoms with E-state index in [1.807, 2.05) is 13.8 Å². The quantitative estimate of drug-likeness (QED) is 0.528. The molecule has 0 spiro atoms. The van der Waals surface area contributed by atoms with Gasteiger partial charge in [0.05, 0.1) is 0 Å². The number of carbonyl (C=O) groups is 3. The molecule has 4 fully saturated rings. The average Bonchev–Trinajstić information content (AvgIpc) is 2.61. The lowest BCUT2D eigenvalue weighted by atomic mass is 9.49. The number of allylic oxidation sites excluding steroid dienone is 1. The van der Waals surface area contributed by atoms with Gasteiger partial charge in [-0.2, -0.15) is 0 Å². The number of nitrogens with one attached hydrogen (secondary N) is 2. The van der Waals surface area contributed by atoms with Crippen LogP contribution in [0.4, 0.5) is 0 Å². The van der Waals surface area contributed by atoms with Crippen LogP contribution in [0, 0.1) is 29.1 Å². The minimum absolute atomic E-state index is 0.00147. The maximum atomic E-state index is 13.3. The normalized spacial score (nSPS) is 32.6. The molecule has 0 aromatic carbocycles. The van der Waals surface area contributed by atoms with Gasteiger partial charge in [-0.15, -0.1) is 6.58 Å². The molecule has 6 heteroatoms. The number of carbonyl (C=O) groups excluding carboxylic acids is 2. The maximum Gasteiger partial charge on any atom is 0.326 e. The molecule has 0 saturated heterocycles. The second-order valence-corrected chi connectivity index (χ2v) is 9.66. The van der Waals surface area contributed by atoms with Gasteiger partial charge in [0.2, 0.25) is 11.8 Å². The third-order valence-corrected chi connectivity index (χ3v) is 7.03. The van der Waals surface area contributed by atoms with Crippen molar-refractivity contribution < 1.29 is 19.5 Å². The van der Waals surface area contributed by atoms with Crippen molar-refractivity contribution in [1.29, 1.82) is 0 Å². The van der Waals surface area contributed by atoms with Gasteiger partial charge >= 0.3 is 5.97 Å². The van der Waals surface area contributed by atoms with Crippen LogP contribution >= 0.6 is 0 Å². The molecule has 4 aliphatic rings. The molecule has 4 rings (SSSR count). The van der Waals surface area contributed by atoms with Crippen molar-refractivity contribution in [2.24, 2.45) is 29.1 Å². The van der Waals surface area contributed by atoms with Crippen molar-refractivity contribution in [3.8, 4) is 0 Å². The van der Waals surface area contributed by atoms with E-state index in [4.69, 9.17) is 0 Å². The molecule has 3 N–H and O–H groups in total. The molecule has 2 amide bonds. The summed E-state index contributed by atoms with van der Waals surface area (Å²) in [6, 6.07) is -1.69. The third-order valence-electron chi connectivity index (χ3n) is 7.03. The van der Waals surface area contributed by atoms with E-state index in [2.05, 4.69) is 17.2 Å². The van der Waals surface area contributed by atoms with Crippen molar-refractivity contribution >= 4 is 17.8 Å².